The molecular weight excluding hydrogens is 238 g/mol. The van der Waals surface area contributed by atoms with Gasteiger partial charge in [0.1, 0.15) is 0 Å². The Morgan fingerprint density at radius 3 is 2.65 bits per heavy atom. The number of hydrazine groups is 1. The number of non-ortho nitro benzene ring substituents is 1. The first kappa shape index (κ1) is 12.2. The van der Waals surface area contributed by atoms with Gasteiger partial charge in [-0.1, -0.05) is 12.8 Å². The van der Waals surface area contributed by atoms with E-state index in [9.17, 15) is 10.1 Å². The summed E-state index contributed by atoms with van der Waals surface area (Å²) in [6.07, 6.45) is 4.90. The zero-order valence-electron chi connectivity index (χ0n) is 9.39. The molecule has 0 spiro atoms. The second kappa shape index (κ2) is 5.37. The van der Waals surface area contributed by atoms with E-state index in [-0.39, 0.29) is 10.6 Å². The molecular formula is C11H15N3O2S. The third-order valence-electron chi connectivity index (χ3n) is 2.87. The van der Waals surface area contributed by atoms with E-state index in [4.69, 9.17) is 5.84 Å². The number of nitrogens with zero attached hydrogens (tertiary/aromatic N) is 1. The summed E-state index contributed by atoms with van der Waals surface area (Å²) in [6, 6.07) is 4.92. The van der Waals surface area contributed by atoms with Crippen LogP contribution in [0.5, 0.6) is 0 Å². The lowest BCUT2D eigenvalue weighted by molar-refractivity contribution is -0.385. The quantitative estimate of drug-likeness (QED) is 0.490. The molecule has 0 bridgehead atoms. The normalized spacial score (nSPS) is 16.1. The summed E-state index contributed by atoms with van der Waals surface area (Å²) in [5.41, 5.74) is 3.14. The zero-order valence-corrected chi connectivity index (χ0v) is 10.2. The fraction of sp³-hybridized carbons (Fsp3) is 0.455. The van der Waals surface area contributed by atoms with Crippen LogP contribution in [0.2, 0.25) is 0 Å². The molecule has 1 fully saturated rings. The summed E-state index contributed by atoms with van der Waals surface area (Å²) in [6.45, 7) is 0. The lowest BCUT2D eigenvalue weighted by atomic mass is 10.3. The predicted molar refractivity (Wildman–Crippen MR) is 69.0 cm³/mol. The van der Waals surface area contributed by atoms with Crippen molar-refractivity contribution in [2.75, 3.05) is 5.43 Å². The van der Waals surface area contributed by atoms with Crippen LogP contribution in [0.1, 0.15) is 25.7 Å². The summed E-state index contributed by atoms with van der Waals surface area (Å²) in [4.78, 5) is 11.3. The highest BCUT2D eigenvalue weighted by Crippen LogP contribution is 2.37. The molecule has 0 unspecified atom stereocenters. The van der Waals surface area contributed by atoms with Gasteiger partial charge < -0.3 is 5.43 Å². The van der Waals surface area contributed by atoms with Gasteiger partial charge in [-0.3, -0.25) is 16.0 Å². The average Bonchev–Trinajstić information content (AvgIpc) is 2.81. The third kappa shape index (κ3) is 3.10. The van der Waals surface area contributed by atoms with Crippen LogP contribution in [0.15, 0.2) is 23.1 Å². The molecule has 2 rings (SSSR count). The third-order valence-corrected chi connectivity index (χ3v) is 4.19. The minimum absolute atomic E-state index is 0.0842. The first-order chi connectivity index (χ1) is 8.19. The minimum Gasteiger partial charge on any atom is -0.324 e. The van der Waals surface area contributed by atoms with Crippen LogP contribution in [0.25, 0.3) is 0 Å². The molecule has 3 N–H and O–H groups in total. The Morgan fingerprint density at radius 2 is 2.06 bits per heavy atom. The van der Waals surface area contributed by atoms with Crippen LogP contribution in [0.3, 0.4) is 0 Å². The minimum atomic E-state index is -0.389. The number of hydrogen-bond acceptors (Lipinski definition) is 5. The number of benzene rings is 1. The number of anilines is 1. The van der Waals surface area contributed by atoms with E-state index in [1.165, 1.54) is 31.7 Å². The van der Waals surface area contributed by atoms with Gasteiger partial charge >= 0.3 is 0 Å². The van der Waals surface area contributed by atoms with Crippen molar-refractivity contribution >= 4 is 23.1 Å². The van der Waals surface area contributed by atoms with Gasteiger partial charge in [0, 0.05) is 22.3 Å². The van der Waals surface area contributed by atoms with Gasteiger partial charge in [0.15, 0.2) is 0 Å². The SMILES string of the molecule is NNc1cc(SC2CCCC2)cc([N+](=O)[O-])c1. The Bertz CT molecular complexity index is 419. The van der Waals surface area contributed by atoms with Crippen molar-refractivity contribution in [1.82, 2.24) is 0 Å². The number of rotatable bonds is 4. The molecule has 1 aliphatic rings. The average molecular weight is 253 g/mol. The Balaban J connectivity index is 2.19. The summed E-state index contributed by atoms with van der Waals surface area (Å²) in [7, 11) is 0. The van der Waals surface area contributed by atoms with Gasteiger partial charge in [0.25, 0.3) is 5.69 Å². The van der Waals surface area contributed by atoms with Crippen molar-refractivity contribution < 1.29 is 4.92 Å². The highest BCUT2D eigenvalue weighted by Gasteiger charge is 2.18. The number of nitrogen functional groups attached to an aromatic ring is 1. The monoisotopic (exact) mass is 253 g/mol. The smallest absolute Gasteiger partial charge is 0.272 e. The van der Waals surface area contributed by atoms with E-state index in [2.05, 4.69) is 5.43 Å². The maximum atomic E-state index is 10.8. The van der Waals surface area contributed by atoms with Crippen molar-refractivity contribution in [2.24, 2.45) is 5.84 Å². The zero-order chi connectivity index (χ0) is 12.3. The molecule has 1 aromatic carbocycles. The molecule has 0 amide bonds. The lowest BCUT2D eigenvalue weighted by Crippen LogP contribution is -2.07. The Labute approximate surface area is 104 Å². The van der Waals surface area contributed by atoms with Crippen molar-refractivity contribution in [1.29, 1.82) is 0 Å². The molecule has 1 saturated carbocycles. The molecule has 0 atom stereocenters. The number of hydrogen-bond donors (Lipinski definition) is 2. The van der Waals surface area contributed by atoms with E-state index >= 15 is 0 Å². The number of thioether (sulfide) groups is 1. The first-order valence-electron chi connectivity index (χ1n) is 5.62. The summed E-state index contributed by atoms with van der Waals surface area (Å²) in [5.74, 6) is 5.31. The largest absolute Gasteiger partial charge is 0.324 e. The van der Waals surface area contributed by atoms with E-state index in [1.54, 1.807) is 17.8 Å². The van der Waals surface area contributed by atoms with Gasteiger partial charge in [0.2, 0.25) is 0 Å². The molecule has 5 nitrogen and oxygen atoms in total. The van der Waals surface area contributed by atoms with E-state index in [1.807, 2.05) is 6.07 Å². The van der Waals surface area contributed by atoms with Gasteiger partial charge in [0.05, 0.1) is 10.6 Å². The van der Waals surface area contributed by atoms with E-state index < -0.39 is 0 Å². The molecule has 0 aromatic heterocycles. The summed E-state index contributed by atoms with van der Waals surface area (Å²) >= 11 is 1.71. The van der Waals surface area contributed by atoms with Crippen LogP contribution in [-0.4, -0.2) is 10.2 Å². The van der Waals surface area contributed by atoms with Gasteiger partial charge in [-0.15, -0.1) is 11.8 Å². The molecule has 92 valence electrons. The fourth-order valence-electron chi connectivity index (χ4n) is 2.04. The maximum absolute atomic E-state index is 10.8. The van der Waals surface area contributed by atoms with Crippen molar-refractivity contribution in [3.8, 4) is 0 Å². The Morgan fingerprint density at radius 1 is 1.35 bits per heavy atom. The highest BCUT2D eigenvalue weighted by atomic mass is 32.2. The molecule has 1 aromatic rings. The van der Waals surface area contributed by atoms with E-state index in [0.29, 0.717) is 10.9 Å². The van der Waals surface area contributed by atoms with Crippen LogP contribution in [-0.2, 0) is 0 Å². The summed E-state index contributed by atoms with van der Waals surface area (Å²) < 4.78 is 0. The number of nitro benzene ring substituents is 1. The van der Waals surface area contributed by atoms with Crippen molar-refractivity contribution in [2.45, 2.75) is 35.8 Å². The molecule has 0 saturated heterocycles. The molecule has 17 heavy (non-hydrogen) atoms. The molecule has 0 aliphatic heterocycles. The topological polar surface area (TPSA) is 81.2 Å². The van der Waals surface area contributed by atoms with Gasteiger partial charge in [-0.25, -0.2) is 0 Å². The number of nitrogens with one attached hydrogen (secondary N) is 1. The second-order valence-corrected chi connectivity index (χ2v) is 5.52. The number of nitrogens with two attached hydrogens (primary N) is 1. The maximum Gasteiger partial charge on any atom is 0.272 e. The molecule has 0 radical (unpaired) electrons. The number of nitro groups is 1. The Hall–Kier alpha value is -1.27. The van der Waals surface area contributed by atoms with Crippen LogP contribution < -0.4 is 11.3 Å². The fourth-order valence-corrected chi connectivity index (χ4v) is 3.38. The van der Waals surface area contributed by atoms with Crippen molar-refractivity contribution in [3.05, 3.63) is 28.3 Å². The van der Waals surface area contributed by atoms with Crippen LogP contribution in [0, 0.1) is 10.1 Å². The van der Waals surface area contributed by atoms with E-state index in [0.717, 1.165) is 4.90 Å². The Kier molecular flexibility index (Phi) is 3.86. The molecule has 6 heteroatoms. The molecule has 0 heterocycles. The standard InChI is InChI=1S/C11H15N3O2S/c12-13-8-5-9(14(15)16)7-11(6-8)17-10-3-1-2-4-10/h5-7,10,13H,1-4,12H2. The summed E-state index contributed by atoms with van der Waals surface area (Å²) in [5, 5.41) is 11.4. The lowest BCUT2D eigenvalue weighted by Gasteiger charge is -2.09. The predicted octanol–water partition coefficient (Wildman–Crippen LogP) is 2.92. The highest BCUT2D eigenvalue weighted by molar-refractivity contribution is 8.00. The van der Waals surface area contributed by atoms with Gasteiger partial charge in [-0.05, 0) is 18.9 Å². The molecule has 1 aliphatic carbocycles. The van der Waals surface area contributed by atoms with Gasteiger partial charge in [-0.2, -0.15) is 0 Å². The van der Waals surface area contributed by atoms with Crippen LogP contribution in [0.4, 0.5) is 11.4 Å². The first-order valence-corrected chi connectivity index (χ1v) is 6.50. The second-order valence-electron chi connectivity index (χ2n) is 4.14. The van der Waals surface area contributed by atoms with Crippen LogP contribution >= 0.6 is 11.8 Å². The van der Waals surface area contributed by atoms with Crippen molar-refractivity contribution in [3.63, 3.8) is 0 Å².